The van der Waals surface area contributed by atoms with Crippen LogP contribution in [0.25, 0.3) is 22.1 Å². The number of hydrogen-bond donors (Lipinski definition) is 1. The Balaban J connectivity index is 1.26. The molecule has 7 rings (SSSR count). The number of esters is 1. The first-order valence-electron chi connectivity index (χ1n) is 13.6. The highest BCUT2D eigenvalue weighted by Gasteiger charge is 2.35. The van der Waals surface area contributed by atoms with Crippen molar-refractivity contribution in [2.45, 2.75) is 25.2 Å². The van der Waals surface area contributed by atoms with Gasteiger partial charge in [-0.3, -0.25) is 9.59 Å². The fraction of sp³-hybridized carbons (Fsp3) is 0.176. The van der Waals surface area contributed by atoms with Crippen LogP contribution in [0.5, 0.6) is 23.0 Å². The maximum absolute atomic E-state index is 13.6. The van der Waals surface area contributed by atoms with E-state index in [1.165, 1.54) is 17.9 Å². The summed E-state index contributed by atoms with van der Waals surface area (Å²) in [6, 6.07) is 24.2. The number of aromatic hydroxyl groups is 1. The van der Waals surface area contributed by atoms with Crippen molar-refractivity contribution < 1.29 is 28.5 Å². The fourth-order valence-electron chi connectivity index (χ4n) is 5.79. The van der Waals surface area contributed by atoms with Crippen molar-refractivity contribution in [3.05, 3.63) is 118 Å². The van der Waals surface area contributed by atoms with Crippen LogP contribution in [0.3, 0.4) is 0 Å². The third kappa shape index (κ3) is 4.49. The van der Waals surface area contributed by atoms with Gasteiger partial charge < -0.3 is 23.7 Å². The normalized spacial score (nSPS) is 15.6. The lowest BCUT2D eigenvalue weighted by Gasteiger charge is -2.27. The van der Waals surface area contributed by atoms with E-state index in [-0.39, 0.29) is 34.3 Å². The summed E-state index contributed by atoms with van der Waals surface area (Å²) in [5.41, 5.74) is 4.52. The lowest BCUT2D eigenvalue weighted by Crippen LogP contribution is -2.22. The van der Waals surface area contributed by atoms with E-state index in [9.17, 15) is 14.7 Å². The van der Waals surface area contributed by atoms with Gasteiger partial charge in [0.2, 0.25) is 5.43 Å². The first kappa shape index (κ1) is 25.0. The minimum Gasteiger partial charge on any atom is -0.507 e. The molecule has 7 heteroatoms. The van der Waals surface area contributed by atoms with Gasteiger partial charge in [0.05, 0.1) is 25.2 Å². The van der Waals surface area contributed by atoms with Gasteiger partial charge in [0.15, 0.2) is 0 Å². The zero-order valence-electron chi connectivity index (χ0n) is 22.1. The highest BCUT2D eigenvalue weighted by molar-refractivity contribution is 5.94. The van der Waals surface area contributed by atoms with E-state index in [1.807, 2.05) is 60.7 Å². The van der Waals surface area contributed by atoms with Gasteiger partial charge in [-0.2, -0.15) is 0 Å². The highest BCUT2D eigenvalue weighted by Crippen LogP contribution is 2.47. The molecule has 41 heavy (non-hydrogen) atoms. The minimum absolute atomic E-state index is 0.0300. The number of carbonyl (C=O) groups excluding carboxylic acids is 1. The van der Waals surface area contributed by atoms with Crippen LogP contribution in [0, 0.1) is 0 Å². The zero-order chi connectivity index (χ0) is 27.9. The Morgan fingerprint density at radius 1 is 0.927 bits per heavy atom. The number of para-hydroxylation sites is 1. The topological polar surface area (TPSA) is 95.2 Å². The number of phenols is 1. The van der Waals surface area contributed by atoms with E-state index < -0.39 is 11.9 Å². The van der Waals surface area contributed by atoms with Crippen molar-refractivity contribution in [1.82, 2.24) is 0 Å². The molecule has 0 radical (unpaired) electrons. The summed E-state index contributed by atoms with van der Waals surface area (Å²) >= 11 is 0. The number of hydrogen-bond acceptors (Lipinski definition) is 7. The standard InChI is InChI=1S/C34H26O7/c35-26-18-29-31(34-32(26)33(37)25(19-40-34)21-6-2-1-3-7-21)24(17-30(36)41-29)23-8-4-5-9-28(23)39-14-12-20-10-11-27-22(16-20)13-15-38-27/h1-11,16,18-19,24,35H,12-15,17H2/t24-/m0/s1. The first-order valence-corrected chi connectivity index (χ1v) is 13.6. The second-order valence-electron chi connectivity index (χ2n) is 10.3. The van der Waals surface area contributed by atoms with Crippen LogP contribution in [-0.4, -0.2) is 24.3 Å². The Morgan fingerprint density at radius 2 is 1.76 bits per heavy atom. The predicted octanol–water partition coefficient (Wildman–Crippen LogP) is 6.16. The van der Waals surface area contributed by atoms with Crippen molar-refractivity contribution in [2.24, 2.45) is 0 Å². The summed E-state index contributed by atoms with van der Waals surface area (Å²) in [6.45, 7) is 1.15. The van der Waals surface area contributed by atoms with Crippen LogP contribution in [0.4, 0.5) is 0 Å². The van der Waals surface area contributed by atoms with Crippen LogP contribution >= 0.6 is 0 Å². The summed E-state index contributed by atoms with van der Waals surface area (Å²) in [7, 11) is 0. The van der Waals surface area contributed by atoms with Crippen molar-refractivity contribution in [1.29, 1.82) is 0 Å². The van der Waals surface area contributed by atoms with Gasteiger partial charge in [0.1, 0.15) is 40.2 Å². The molecule has 204 valence electrons. The summed E-state index contributed by atoms with van der Waals surface area (Å²) in [4.78, 5) is 26.3. The number of carbonyl (C=O) groups is 1. The maximum atomic E-state index is 13.6. The molecule has 5 aromatic rings. The Labute approximate surface area is 235 Å². The monoisotopic (exact) mass is 546 g/mol. The Kier molecular flexibility index (Phi) is 6.19. The number of rotatable bonds is 6. The van der Waals surface area contributed by atoms with Crippen LogP contribution in [0.15, 0.2) is 94.3 Å². The molecule has 0 fully saturated rings. The van der Waals surface area contributed by atoms with Crippen LogP contribution in [0.2, 0.25) is 0 Å². The van der Waals surface area contributed by atoms with Crippen molar-refractivity contribution >= 4 is 16.9 Å². The number of benzene rings is 4. The molecule has 7 nitrogen and oxygen atoms in total. The lowest BCUT2D eigenvalue weighted by molar-refractivity contribution is -0.135. The summed E-state index contributed by atoms with van der Waals surface area (Å²) in [5.74, 6) is 0.494. The van der Waals surface area contributed by atoms with Gasteiger partial charge in [0, 0.05) is 36.0 Å². The third-order valence-electron chi connectivity index (χ3n) is 7.75. The maximum Gasteiger partial charge on any atom is 0.312 e. The molecule has 1 atom stereocenters. The second-order valence-corrected chi connectivity index (χ2v) is 10.3. The molecule has 3 heterocycles. The van der Waals surface area contributed by atoms with E-state index in [0.29, 0.717) is 42.1 Å². The van der Waals surface area contributed by atoms with Gasteiger partial charge in [-0.05, 0) is 28.8 Å². The molecule has 1 N–H and O–H groups in total. The van der Waals surface area contributed by atoms with Crippen molar-refractivity contribution in [3.8, 4) is 34.1 Å². The minimum atomic E-state index is -0.506. The molecule has 0 amide bonds. The average molecular weight is 547 g/mol. The molecule has 1 aromatic heterocycles. The molecule has 0 bridgehead atoms. The summed E-state index contributed by atoms with van der Waals surface area (Å²) in [5, 5.41) is 10.9. The SMILES string of the molecule is O=C1C[C@@H](c2ccccc2OCCc2ccc3c(c2)CCO3)c2c(cc(O)c3c(=O)c(-c4ccccc4)coc23)O1. The Morgan fingerprint density at radius 3 is 2.63 bits per heavy atom. The molecule has 0 unspecified atom stereocenters. The van der Waals surface area contributed by atoms with E-state index in [0.717, 1.165) is 23.3 Å². The predicted molar refractivity (Wildman–Crippen MR) is 153 cm³/mol. The lowest BCUT2D eigenvalue weighted by atomic mass is 9.84. The van der Waals surface area contributed by atoms with Gasteiger partial charge in [0.25, 0.3) is 0 Å². The smallest absolute Gasteiger partial charge is 0.312 e. The Hall–Kier alpha value is -5.04. The molecule has 2 aliphatic heterocycles. The van der Waals surface area contributed by atoms with E-state index in [1.54, 1.807) is 0 Å². The second kappa shape index (κ2) is 10.2. The third-order valence-corrected chi connectivity index (χ3v) is 7.75. The van der Waals surface area contributed by atoms with Gasteiger partial charge in [-0.25, -0.2) is 0 Å². The number of fused-ring (bicyclic) bond motifs is 4. The van der Waals surface area contributed by atoms with Crippen LogP contribution in [0.1, 0.15) is 34.6 Å². The molecular formula is C34H26O7. The quantitative estimate of drug-likeness (QED) is 0.201. The highest BCUT2D eigenvalue weighted by atomic mass is 16.5. The first-order chi connectivity index (χ1) is 20.1. The molecule has 0 spiro atoms. The number of phenolic OH excluding ortho intramolecular Hbond substituents is 1. The number of ether oxygens (including phenoxy) is 3. The molecular weight excluding hydrogens is 520 g/mol. The van der Waals surface area contributed by atoms with Crippen molar-refractivity contribution in [3.63, 3.8) is 0 Å². The zero-order valence-corrected chi connectivity index (χ0v) is 22.1. The fourth-order valence-corrected chi connectivity index (χ4v) is 5.79. The van der Waals surface area contributed by atoms with Crippen LogP contribution in [-0.2, 0) is 17.6 Å². The van der Waals surface area contributed by atoms with Gasteiger partial charge in [-0.1, -0.05) is 60.7 Å². The molecule has 0 aliphatic carbocycles. The summed E-state index contributed by atoms with van der Waals surface area (Å²) in [6.07, 6.45) is 3.05. The molecule has 4 aromatic carbocycles. The van der Waals surface area contributed by atoms with E-state index >= 15 is 0 Å². The van der Waals surface area contributed by atoms with E-state index in [2.05, 4.69) is 12.1 Å². The van der Waals surface area contributed by atoms with Gasteiger partial charge >= 0.3 is 5.97 Å². The molecule has 2 aliphatic rings. The van der Waals surface area contributed by atoms with E-state index in [4.69, 9.17) is 18.6 Å². The Bertz CT molecular complexity index is 1860. The summed E-state index contributed by atoms with van der Waals surface area (Å²) < 4.78 is 23.5. The molecule has 0 saturated heterocycles. The largest absolute Gasteiger partial charge is 0.507 e. The van der Waals surface area contributed by atoms with Crippen LogP contribution < -0.4 is 19.6 Å². The molecule has 0 saturated carbocycles. The average Bonchev–Trinajstić information content (AvgIpc) is 3.45. The van der Waals surface area contributed by atoms with Crippen molar-refractivity contribution in [2.75, 3.05) is 13.2 Å². The van der Waals surface area contributed by atoms with Gasteiger partial charge in [-0.15, -0.1) is 0 Å².